The number of hydrogen-bond acceptors (Lipinski definition) is 3. The predicted octanol–water partition coefficient (Wildman–Crippen LogP) is 2.08. The van der Waals surface area contributed by atoms with Gasteiger partial charge in [-0.2, -0.15) is 0 Å². The molecule has 1 amide bonds. The third-order valence-corrected chi connectivity index (χ3v) is 3.00. The highest BCUT2D eigenvalue weighted by atomic mass is 16.3. The van der Waals surface area contributed by atoms with Crippen LogP contribution in [0.3, 0.4) is 0 Å². The van der Waals surface area contributed by atoms with E-state index in [1.165, 1.54) is 19.0 Å². The van der Waals surface area contributed by atoms with E-state index in [1.54, 1.807) is 0 Å². The molecule has 0 radical (unpaired) electrons. The summed E-state index contributed by atoms with van der Waals surface area (Å²) < 4.78 is 5.04. The second-order valence-corrected chi connectivity index (χ2v) is 3.92. The Bertz CT molecular complexity index is 321. The Balaban J connectivity index is 2.11. The summed E-state index contributed by atoms with van der Waals surface area (Å²) in [6.45, 7) is 2.97. The Morgan fingerprint density at radius 1 is 1.67 bits per heavy atom. The smallest absolute Gasteiger partial charge is 0.291 e. The zero-order chi connectivity index (χ0) is 10.7. The topological polar surface area (TPSA) is 46.3 Å². The minimum Gasteiger partial charge on any atom is -0.438 e. The first kappa shape index (κ1) is 10.2. The van der Waals surface area contributed by atoms with Crippen LogP contribution in [0.4, 0.5) is 0 Å². The fraction of sp³-hybridized carbons (Fsp3) is 0.636. The number of likely N-dealkylation sites (tertiary alicyclic amines) is 1. The number of carbonyl (C=O) groups is 1. The van der Waals surface area contributed by atoms with Crippen LogP contribution in [-0.4, -0.2) is 28.4 Å². The average molecular weight is 208 g/mol. The summed E-state index contributed by atoms with van der Waals surface area (Å²) in [4.78, 5) is 17.7. The highest BCUT2D eigenvalue weighted by Crippen LogP contribution is 2.21. The van der Waals surface area contributed by atoms with E-state index in [-0.39, 0.29) is 5.91 Å². The maximum absolute atomic E-state index is 12.0. The van der Waals surface area contributed by atoms with Crippen molar-refractivity contribution in [1.82, 2.24) is 9.88 Å². The molecule has 1 unspecified atom stereocenters. The van der Waals surface area contributed by atoms with Gasteiger partial charge in [-0.25, -0.2) is 4.98 Å². The molecule has 15 heavy (non-hydrogen) atoms. The van der Waals surface area contributed by atoms with Crippen molar-refractivity contribution in [1.29, 1.82) is 0 Å². The number of aromatic nitrogens is 1. The molecule has 0 N–H and O–H groups in total. The summed E-state index contributed by atoms with van der Waals surface area (Å²) in [5.41, 5.74) is 0. The number of hydrogen-bond donors (Lipinski definition) is 0. The number of piperidine rings is 1. The molecule has 4 nitrogen and oxygen atoms in total. The standard InChI is InChI=1S/C11H16N2O2/c1-2-9-5-3-4-6-13(9)11(14)10-7-12-8-15-10/h7-9H,2-6H2,1H3. The Labute approximate surface area is 89.3 Å². The lowest BCUT2D eigenvalue weighted by Crippen LogP contribution is -2.43. The van der Waals surface area contributed by atoms with Gasteiger partial charge >= 0.3 is 0 Å². The fourth-order valence-corrected chi connectivity index (χ4v) is 2.16. The normalized spacial score (nSPS) is 21.7. The molecular weight excluding hydrogens is 192 g/mol. The van der Waals surface area contributed by atoms with Gasteiger partial charge in [-0.3, -0.25) is 4.79 Å². The largest absolute Gasteiger partial charge is 0.438 e. The second-order valence-electron chi connectivity index (χ2n) is 3.92. The number of nitrogens with zero attached hydrogens (tertiary/aromatic N) is 2. The molecule has 0 saturated carbocycles. The van der Waals surface area contributed by atoms with Gasteiger partial charge in [-0.1, -0.05) is 6.92 Å². The van der Waals surface area contributed by atoms with Crippen molar-refractivity contribution < 1.29 is 9.21 Å². The minimum atomic E-state index is -0.0148. The average Bonchev–Trinajstić information content (AvgIpc) is 2.81. The number of oxazole rings is 1. The number of rotatable bonds is 2. The highest BCUT2D eigenvalue weighted by Gasteiger charge is 2.27. The Morgan fingerprint density at radius 3 is 3.20 bits per heavy atom. The minimum absolute atomic E-state index is 0.0148. The molecule has 1 aliphatic heterocycles. The molecule has 0 bridgehead atoms. The number of amides is 1. The lowest BCUT2D eigenvalue weighted by molar-refractivity contribution is 0.0575. The van der Waals surface area contributed by atoms with Crippen LogP contribution in [0.1, 0.15) is 43.2 Å². The van der Waals surface area contributed by atoms with Gasteiger partial charge in [0, 0.05) is 12.6 Å². The summed E-state index contributed by atoms with van der Waals surface area (Å²) >= 11 is 0. The number of carbonyl (C=O) groups excluding carboxylic acids is 1. The third-order valence-electron chi connectivity index (χ3n) is 3.00. The Hall–Kier alpha value is -1.32. The van der Waals surface area contributed by atoms with Crippen LogP contribution < -0.4 is 0 Å². The third kappa shape index (κ3) is 2.03. The van der Waals surface area contributed by atoms with Crippen LogP contribution >= 0.6 is 0 Å². The highest BCUT2D eigenvalue weighted by molar-refractivity contribution is 5.91. The lowest BCUT2D eigenvalue weighted by atomic mass is 10.00. The van der Waals surface area contributed by atoms with Crippen molar-refractivity contribution in [3.05, 3.63) is 18.4 Å². The first-order valence-electron chi connectivity index (χ1n) is 5.52. The van der Waals surface area contributed by atoms with E-state index >= 15 is 0 Å². The monoisotopic (exact) mass is 208 g/mol. The first-order chi connectivity index (χ1) is 7.33. The molecule has 1 aliphatic rings. The van der Waals surface area contributed by atoms with E-state index < -0.39 is 0 Å². The van der Waals surface area contributed by atoms with Crippen LogP contribution in [0.5, 0.6) is 0 Å². The van der Waals surface area contributed by atoms with Crippen molar-refractivity contribution in [2.24, 2.45) is 0 Å². The van der Waals surface area contributed by atoms with Gasteiger partial charge in [0.1, 0.15) is 0 Å². The Kier molecular flexibility index (Phi) is 3.04. The lowest BCUT2D eigenvalue weighted by Gasteiger charge is -2.34. The molecule has 1 aromatic rings. The molecule has 1 aromatic heterocycles. The predicted molar refractivity (Wildman–Crippen MR) is 55.5 cm³/mol. The van der Waals surface area contributed by atoms with Crippen molar-refractivity contribution >= 4 is 5.91 Å². The van der Waals surface area contributed by atoms with Gasteiger partial charge in [0.25, 0.3) is 5.91 Å². The summed E-state index contributed by atoms with van der Waals surface area (Å²) in [5, 5.41) is 0. The molecule has 0 aliphatic carbocycles. The molecule has 1 atom stereocenters. The van der Waals surface area contributed by atoms with Crippen molar-refractivity contribution in [2.75, 3.05) is 6.54 Å². The van der Waals surface area contributed by atoms with E-state index in [0.717, 1.165) is 25.8 Å². The van der Waals surface area contributed by atoms with E-state index in [9.17, 15) is 4.79 Å². The molecule has 0 aromatic carbocycles. The summed E-state index contributed by atoms with van der Waals surface area (Å²) in [6, 6.07) is 0.372. The van der Waals surface area contributed by atoms with Gasteiger partial charge in [0.2, 0.25) is 5.76 Å². The van der Waals surface area contributed by atoms with Gasteiger partial charge in [0.05, 0.1) is 6.20 Å². The van der Waals surface area contributed by atoms with Crippen LogP contribution in [0.2, 0.25) is 0 Å². The Morgan fingerprint density at radius 2 is 2.53 bits per heavy atom. The van der Waals surface area contributed by atoms with Crippen molar-refractivity contribution in [3.63, 3.8) is 0 Å². The quantitative estimate of drug-likeness (QED) is 0.747. The molecule has 4 heteroatoms. The van der Waals surface area contributed by atoms with Gasteiger partial charge in [-0.05, 0) is 25.7 Å². The van der Waals surface area contributed by atoms with Crippen LogP contribution in [0.15, 0.2) is 17.0 Å². The van der Waals surface area contributed by atoms with Crippen molar-refractivity contribution in [2.45, 2.75) is 38.6 Å². The van der Waals surface area contributed by atoms with Gasteiger partial charge < -0.3 is 9.32 Å². The second kappa shape index (κ2) is 4.47. The van der Waals surface area contributed by atoms with E-state index in [2.05, 4.69) is 11.9 Å². The van der Waals surface area contributed by atoms with Crippen molar-refractivity contribution in [3.8, 4) is 0 Å². The van der Waals surface area contributed by atoms with Crippen LogP contribution in [0.25, 0.3) is 0 Å². The first-order valence-corrected chi connectivity index (χ1v) is 5.52. The van der Waals surface area contributed by atoms with Crippen LogP contribution in [0, 0.1) is 0 Å². The molecule has 82 valence electrons. The van der Waals surface area contributed by atoms with Gasteiger partial charge in [0.15, 0.2) is 6.39 Å². The molecule has 1 fully saturated rings. The van der Waals surface area contributed by atoms with Crippen LogP contribution in [-0.2, 0) is 0 Å². The molecular formula is C11H16N2O2. The van der Waals surface area contributed by atoms with E-state index in [4.69, 9.17) is 4.42 Å². The van der Waals surface area contributed by atoms with Gasteiger partial charge in [-0.15, -0.1) is 0 Å². The SMILES string of the molecule is CCC1CCCCN1C(=O)c1cnco1. The van der Waals surface area contributed by atoms with E-state index in [0.29, 0.717) is 11.8 Å². The molecule has 1 saturated heterocycles. The summed E-state index contributed by atoms with van der Waals surface area (Å²) in [6.07, 6.45) is 7.23. The molecule has 0 spiro atoms. The summed E-state index contributed by atoms with van der Waals surface area (Å²) in [7, 11) is 0. The maximum Gasteiger partial charge on any atom is 0.291 e. The fourth-order valence-electron chi connectivity index (χ4n) is 2.16. The van der Waals surface area contributed by atoms with E-state index in [1.807, 2.05) is 4.90 Å². The summed E-state index contributed by atoms with van der Waals surface area (Å²) in [5.74, 6) is 0.342. The zero-order valence-corrected chi connectivity index (χ0v) is 8.98. The molecule has 2 rings (SSSR count). The molecule has 2 heterocycles. The zero-order valence-electron chi connectivity index (χ0n) is 8.98. The maximum atomic E-state index is 12.0.